The van der Waals surface area contributed by atoms with Gasteiger partial charge in [-0.1, -0.05) is 24.3 Å². The van der Waals surface area contributed by atoms with Crippen molar-refractivity contribution in [1.29, 1.82) is 0 Å². The highest BCUT2D eigenvalue weighted by Gasteiger charge is 2.11. The molecule has 0 aliphatic carbocycles. The topological polar surface area (TPSA) is 108 Å². The number of aromatic nitrogens is 6. The Morgan fingerprint density at radius 2 is 2.00 bits per heavy atom. The summed E-state index contributed by atoms with van der Waals surface area (Å²) < 4.78 is 7.85. The van der Waals surface area contributed by atoms with Crippen molar-refractivity contribution >= 4 is 27.9 Å². The smallest absolute Gasteiger partial charge is 0.207 e. The van der Waals surface area contributed by atoms with Gasteiger partial charge in [0, 0.05) is 17.6 Å². The molecule has 5 rings (SSSR count). The fraction of sp³-hybridized carbons (Fsp3) is 0.100. The molecule has 3 heterocycles. The van der Waals surface area contributed by atoms with Gasteiger partial charge in [-0.2, -0.15) is 15.4 Å². The third-order valence-corrected chi connectivity index (χ3v) is 4.66. The summed E-state index contributed by atoms with van der Waals surface area (Å²) in [6.45, 7) is 2.44. The Morgan fingerprint density at radius 1 is 1.11 bits per heavy atom. The van der Waals surface area contributed by atoms with Crippen molar-refractivity contribution in [3.8, 4) is 11.4 Å². The summed E-state index contributed by atoms with van der Waals surface area (Å²) in [5.74, 6) is 0.896. The minimum absolute atomic E-state index is 0.342. The number of benzene rings is 2. The van der Waals surface area contributed by atoms with E-state index in [-0.39, 0.29) is 0 Å². The van der Waals surface area contributed by atoms with Crippen LogP contribution in [0.25, 0.3) is 27.8 Å². The molecule has 0 spiro atoms. The molecule has 0 radical (unpaired) electrons. The van der Waals surface area contributed by atoms with E-state index in [1.807, 2.05) is 41.2 Å². The highest BCUT2D eigenvalue weighted by Crippen LogP contribution is 2.25. The number of hydrogen-bond acceptors (Lipinski definition) is 6. The number of ether oxygens (including phenoxy) is 1. The van der Waals surface area contributed by atoms with E-state index >= 15 is 0 Å². The Kier molecular flexibility index (Phi) is 3.68. The van der Waals surface area contributed by atoms with Gasteiger partial charge in [0.25, 0.3) is 0 Å². The van der Waals surface area contributed by atoms with E-state index in [9.17, 15) is 0 Å². The first-order valence-electron chi connectivity index (χ1n) is 8.81. The molecule has 8 nitrogen and oxygen atoms in total. The molecule has 3 aromatic heterocycles. The molecular formula is C20H17N7O. The molecule has 0 fully saturated rings. The van der Waals surface area contributed by atoms with Crippen molar-refractivity contribution in [1.82, 2.24) is 30.2 Å². The van der Waals surface area contributed by atoms with Crippen LogP contribution in [-0.4, -0.2) is 30.2 Å². The number of nitrogens with two attached hydrogens (primary N) is 1. The first kappa shape index (κ1) is 16.2. The van der Waals surface area contributed by atoms with Crippen LogP contribution in [-0.2, 0) is 6.61 Å². The molecule has 0 bridgehead atoms. The van der Waals surface area contributed by atoms with E-state index in [0.29, 0.717) is 29.3 Å². The highest BCUT2D eigenvalue weighted by molar-refractivity contribution is 5.79. The number of aromatic amines is 1. The van der Waals surface area contributed by atoms with E-state index in [2.05, 4.69) is 44.5 Å². The highest BCUT2D eigenvalue weighted by atomic mass is 16.5. The maximum Gasteiger partial charge on any atom is 0.207 e. The van der Waals surface area contributed by atoms with Crippen LogP contribution in [0.5, 0.6) is 5.75 Å². The molecule has 0 aliphatic rings. The molecule has 0 amide bonds. The number of aryl methyl sites for hydroxylation is 1. The monoisotopic (exact) mass is 371 g/mol. The Morgan fingerprint density at radius 3 is 2.86 bits per heavy atom. The Bertz CT molecular complexity index is 1270. The fourth-order valence-corrected chi connectivity index (χ4v) is 3.17. The van der Waals surface area contributed by atoms with Crippen LogP contribution >= 0.6 is 0 Å². The number of pyridine rings is 1. The summed E-state index contributed by atoms with van der Waals surface area (Å²) in [6, 6.07) is 15.9. The number of rotatable bonds is 4. The average Bonchev–Trinajstić information content (AvgIpc) is 3.33. The molecule has 8 heteroatoms. The van der Waals surface area contributed by atoms with Crippen molar-refractivity contribution in [3.05, 3.63) is 65.9 Å². The Balaban J connectivity index is 1.41. The first-order valence-corrected chi connectivity index (χ1v) is 8.81. The molecule has 2 aromatic carbocycles. The molecule has 0 atom stereocenters. The van der Waals surface area contributed by atoms with Gasteiger partial charge in [0.15, 0.2) is 11.3 Å². The van der Waals surface area contributed by atoms with E-state index in [4.69, 9.17) is 10.5 Å². The molecule has 3 N–H and O–H groups in total. The van der Waals surface area contributed by atoms with Gasteiger partial charge in [-0.05, 0) is 36.2 Å². The van der Waals surface area contributed by atoms with Crippen LogP contribution < -0.4 is 10.5 Å². The number of nitrogens with zero attached hydrogens (tertiary/aromatic N) is 5. The standard InChI is InChI=1S/C20H17N7O/c1-12-8-15(27-10-13-4-2-3-5-16(13)25-27)7-6-14(12)11-28-17-9-18(21)22-20-19(17)23-26-24-20/h2-10H,11H2,1H3,(H3,21,22,23,24,26). The molecular weight excluding hydrogens is 354 g/mol. The second kappa shape index (κ2) is 6.34. The normalized spacial score (nSPS) is 11.3. The summed E-state index contributed by atoms with van der Waals surface area (Å²) in [6.07, 6.45) is 2.03. The molecule has 28 heavy (non-hydrogen) atoms. The quantitative estimate of drug-likeness (QED) is 0.502. The first-order chi connectivity index (χ1) is 13.7. The number of nitrogens with one attached hydrogen (secondary N) is 1. The van der Waals surface area contributed by atoms with Crippen LogP contribution in [0.1, 0.15) is 11.1 Å². The van der Waals surface area contributed by atoms with Gasteiger partial charge in [0.1, 0.15) is 12.4 Å². The van der Waals surface area contributed by atoms with Crippen LogP contribution in [0.15, 0.2) is 54.7 Å². The molecule has 0 saturated carbocycles. The van der Waals surface area contributed by atoms with Gasteiger partial charge in [-0.3, -0.25) is 0 Å². The van der Waals surface area contributed by atoms with Gasteiger partial charge in [0.2, 0.25) is 5.65 Å². The van der Waals surface area contributed by atoms with Crippen molar-refractivity contribution < 1.29 is 4.74 Å². The summed E-state index contributed by atoms with van der Waals surface area (Å²) >= 11 is 0. The van der Waals surface area contributed by atoms with E-state index < -0.39 is 0 Å². The molecule has 0 saturated heterocycles. The van der Waals surface area contributed by atoms with Gasteiger partial charge < -0.3 is 10.5 Å². The minimum atomic E-state index is 0.342. The third-order valence-electron chi connectivity index (χ3n) is 4.66. The van der Waals surface area contributed by atoms with Crippen molar-refractivity contribution in [3.63, 3.8) is 0 Å². The predicted octanol–water partition coefficient (Wildman–Crippen LogP) is 3.16. The second-order valence-electron chi connectivity index (χ2n) is 6.57. The zero-order valence-corrected chi connectivity index (χ0v) is 15.1. The lowest BCUT2D eigenvalue weighted by atomic mass is 10.1. The number of nitrogen functional groups attached to an aromatic ring is 1. The maximum absolute atomic E-state index is 5.95. The SMILES string of the molecule is Cc1cc(-n2cc3ccccc3n2)ccc1COc1cc(N)nc2n[nH]nc12. The van der Waals surface area contributed by atoms with Gasteiger partial charge in [-0.15, -0.1) is 5.10 Å². The van der Waals surface area contributed by atoms with Crippen LogP contribution in [0.4, 0.5) is 5.82 Å². The lowest BCUT2D eigenvalue weighted by Crippen LogP contribution is -2.02. The van der Waals surface area contributed by atoms with Gasteiger partial charge in [0.05, 0.1) is 11.2 Å². The number of hydrogen-bond donors (Lipinski definition) is 2. The predicted molar refractivity (Wildman–Crippen MR) is 106 cm³/mol. The Labute approximate surface area is 160 Å². The largest absolute Gasteiger partial charge is 0.486 e. The van der Waals surface area contributed by atoms with Gasteiger partial charge in [-0.25, -0.2) is 9.67 Å². The van der Waals surface area contributed by atoms with E-state index in [1.165, 1.54) is 0 Å². The zero-order valence-electron chi connectivity index (χ0n) is 15.1. The van der Waals surface area contributed by atoms with Crippen molar-refractivity contribution in [2.45, 2.75) is 13.5 Å². The van der Waals surface area contributed by atoms with E-state index in [1.54, 1.807) is 6.07 Å². The number of anilines is 1. The van der Waals surface area contributed by atoms with Crippen molar-refractivity contribution in [2.75, 3.05) is 5.73 Å². The number of H-pyrrole nitrogens is 1. The minimum Gasteiger partial charge on any atom is -0.486 e. The summed E-state index contributed by atoms with van der Waals surface area (Å²) in [7, 11) is 0. The fourth-order valence-electron chi connectivity index (χ4n) is 3.17. The molecule has 0 unspecified atom stereocenters. The summed E-state index contributed by atoms with van der Waals surface area (Å²) in [5, 5.41) is 16.3. The lowest BCUT2D eigenvalue weighted by molar-refractivity contribution is 0.308. The van der Waals surface area contributed by atoms with Crippen molar-refractivity contribution in [2.24, 2.45) is 0 Å². The van der Waals surface area contributed by atoms with Gasteiger partial charge >= 0.3 is 0 Å². The molecule has 0 aliphatic heterocycles. The molecule has 5 aromatic rings. The third kappa shape index (κ3) is 2.81. The maximum atomic E-state index is 5.95. The zero-order chi connectivity index (χ0) is 19.1. The van der Waals surface area contributed by atoms with Crippen LogP contribution in [0.3, 0.4) is 0 Å². The average molecular weight is 371 g/mol. The lowest BCUT2D eigenvalue weighted by Gasteiger charge is -2.11. The van der Waals surface area contributed by atoms with Crippen LogP contribution in [0, 0.1) is 6.92 Å². The van der Waals surface area contributed by atoms with E-state index in [0.717, 1.165) is 27.7 Å². The van der Waals surface area contributed by atoms with Crippen LogP contribution in [0.2, 0.25) is 0 Å². The Hall–Kier alpha value is -3.94. The number of fused-ring (bicyclic) bond motifs is 2. The summed E-state index contributed by atoms with van der Waals surface area (Å²) in [5.41, 5.74) is 11.0. The summed E-state index contributed by atoms with van der Waals surface area (Å²) in [4.78, 5) is 4.12. The molecule has 138 valence electrons. The second-order valence-corrected chi connectivity index (χ2v) is 6.57.